The first kappa shape index (κ1) is 10.9. The van der Waals surface area contributed by atoms with Crippen molar-refractivity contribution in [2.24, 2.45) is 5.10 Å². The quantitative estimate of drug-likeness (QED) is 0.734. The molecule has 0 fully saturated rings. The highest BCUT2D eigenvalue weighted by Crippen LogP contribution is 2.14. The molecule has 0 saturated heterocycles. The van der Waals surface area contributed by atoms with Crippen LogP contribution in [0.2, 0.25) is 0 Å². The van der Waals surface area contributed by atoms with Gasteiger partial charge in [0.2, 0.25) is 0 Å². The van der Waals surface area contributed by atoms with E-state index in [2.05, 4.69) is 54.7 Å². The number of aryl methyl sites for hydroxylation is 1. The summed E-state index contributed by atoms with van der Waals surface area (Å²) in [4.78, 5) is 0. The molecule has 0 saturated carbocycles. The molecule has 1 aromatic rings. The minimum absolute atomic E-state index is 0.992. The van der Waals surface area contributed by atoms with E-state index in [9.17, 15) is 0 Å². The Bertz CT molecular complexity index is 413. The molecule has 0 N–H and O–H groups in total. The molecule has 0 amide bonds. The highest BCUT2D eigenvalue weighted by molar-refractivity contribution is 6.09. The average Bonchev–Trinajstić information content (AvgIpc) is 2.78. The van der Waals surface area contributed by atoms with Crippen LogP contribution in [0.1, 0.15) is 37.8 Å². The van der Waals surface area contributed by atoms with E-state index in [-0.39, 0.29) is 0 Å². The molecule has 83 valence electrons. The standard InChI is InChI=1S/C14H17N2/c1-3-5-13-10-14(16-15-13)12-8-6-11(4-2)7-9-12/h6-10H,3-5H2,1-2H3. The van der Waals surface area contributed by atoms with E-state index in [1.54, 1.807) is 0 Å². The summed E-state index contributed by atoms with van der Waals surface area (Å²) in [6.45, 7) is 4.32. The predicted octanol–water partition coefficient (Wildman–Crippen LogP) is 3.26. The van der Waals surface area contributed by atoms with Crippen LogP contribution in [0, 0.1) is 0 Å². The zero-order valence-electron chi connectivity index (χ0n) is 9.90. The van der Waals surface area contributed by atoms with Crippen LogP contribution in [0.3, 0.4) is 0 Å². The lowest BCUT2D eigenvalue weighted by Gasteiger charge is -1.99. The molecule has 2 rings (SSSR count). The first-order valence-electron chi connectivity index (χ1n) is 5.92. The second-order valence-electron chi connectivity index (χ2n) is 4.02. The van der Waals surface area contributed by atoms with Crippen LogP contribution < -0.4 is 5.43 Å². The van der Waals surface area contributed by atoms with Crippen LogP contribution in [0.25, 0.3) is 0 Å². The van der Waals surface area contributed by atoms with Gasteiger partial charge in [-0.1, -0.05) is 44.5 Å². The van der Waals surface area contributed by atoms with Crippen molar-refractivity contribution >= 4 is 5.71 Å². The van der Waals surface area contributed by atoms with Crippen molar-refractivity contribution < 1.29 is 0 Å². The van der Waals surface area contributed by atoms with E-state index >= 15 is 0 Å². The zero-order chi connectivity index (χ0) is 11.4. The van der Waals surface area contributed by atoms with E-state index in [1.165, 1.54) is 5.56 Å². The Balaban J connectivity index is 2.13. The minimum Gasteiger partial charge on any atom is -0.155 e. The van der Waals surface area contributed by atoms with E-state index in [4.69, 9.17) is 0 Å². The van der Waals surface area contributed by atoms with Crippen molar-refractivity contribution in [1.82, 2.24) is 5.43 Å². The van der Waals surface area contributed by atoms with Gasteiger partial charge >= 0.3 is 0 Å². The summed E-state index contributed by atoms with van der Waals surface area (Å²) < 4.78 is 0. The Morgan fingerprint density at radius 3 is 2.44 bits per heavy atom. The highest BCUT2D eigenvalue weighted by Gasteiger charge is 2.10. The average molecular weight is 213 g/mol. The van der Waals surface area contributed by atoms with Gasteiger partial charge in [0.15, 0.2) is 0 Å². The summed E-state index contributed by atoms with van der Waals surface area (Å²) >= 11 is 0. The van der Waals surface area contributed by atoms with Gasteiger partial charge in [-0.15, -0.1) is 0 Å². The zero-order valence-corrected chi connectivity index (χ0v) is 9.90. The third-order valence-corrected chi connectivity index (χ3v) is 2.75. The maximum absolute atomic E-state index is 4.21. The van der Waals surface area contributed by atoms with Crippen LogP contribution in [0.5, 0.6) is 0 Å². The molecule has 0 unspecified atom stereocenters. The van der Waals surface area contributed by atoms with Crippen LogP contribution in [-0.4, -0.2) is 5.71 Å². The highest BCUT2D eigenvalue weighted by atomic mass is 15.3. The Labute approximate surface area is 97.1 Å². The SMILES string of the molecule is CCCC1=CC(c2ccc(CC)cc2)=N[N]1. The first-order chi connectivity index (χ1) is 7.83. The lowest BCUT2D eigenvalue weighted by atomic mass is 10.1. The number of hydrogen-bond acceptors (Lipinski definition) is 1. The second-order valence-corrected chi connectivity index (χ2v) is 4.02. The van der Waals surface area contributed by atoms with Gasteiger partial charge in [-0.25, -0.2) is 0 Å². The van der Waals surface area contributed by atoms with Crippen molar-refractivity contribution in [3.05, 3.63) is 47.2 Å². The number of nitrogens with zero attached hydrogens (tertiary/aromatic N) is 2. The third-order valence-electron chi connectivity index (χ3n) is 2.75. The van der Waals surface area contributed by atoms with Crippen molar-refractivity contribution in [3.63, 3.8) is 0 Å². The van der Waals surface area contributed by atoms with Gasteiger partial charge in [-0.05, 0) is 24.5 Å². The molecular weight excluding hydrogens is 196 g/mol. The fourth-order valence-electron chi connectivity index (χ4n) is 1.76. The van der Waals surface area contributed by atoms with Crippen molar-refractivity contribution in [3.8, 4) is 0 Å². The summed E-state index contributed by atoms with van der Waals surface area (Å²) in [6, 6.07) is 8.56. The molecular formula is C14H17N2. The minimum atomic E-state index is 0.992. The first-order valence-corrected chi connectivity index (χ1v) is 5.92. The Kier molecular flexibility index (Phi) is 3.40. The smallest absolute Gasteiger partial charge is 0.0947 e. The van der Waals surface area contributed by atoms with Gasteiger partial charge in [-0.2, -0.15) is 10.5 Å². The molecule has 1 aliphatic heterocycles. The van der Waals surface area contributed by atoms with Gasteiger partial charge < -0.3 is 0 Å². The molecule has 2 nitrogen and oxygen atoms in total. The van der Waals surface area contributed by atoms with Gasteiger partial charge in [0, 0.05) is 5.56 Å². The lowest BCUT2D eigenvalue weighted by Crippen LogP contribution is -1.94. The molecule has 1 aromatic carbocycles. The third kappa shape index (κ3) is 2.32. The number of allylic oxidation sites excluding steroid dienone is 2. The summed E-state index contributed by atoms with van der Waals surface area (Å²) in [5, 5.41) is 4.21. The number of rotatable bonds is 4. The molecule has 0 spiro atoms. The Morgan fingerprint density at radius 1 is 1.06 bits per heavy atom. The number of benzene rings is 1. The fourth-order valence-corrected chi connectivity index (χ4v) is 1.76. The van der Waals surface area contributed by atoms with Crippen LogP contribution in [0.4, 0.5) is 0 Å². The van der Waals surface area contributed by atoms with Crippen LogP contribution in [-0.2, 0) is 6.42 Å². The molecule has 1 heterocycles. The van der Waals surface area contributed by atoms with E-state index in [0.29, 0.717) is 0 Å². The van der Waals surface area contributed by atoms with E-state index in [1.807, 2.05) is 0 Å². The summed E-state index contributed by atoms with van der Waals surface area (Å²) in [5.41, 5.74) is 8.78. The van der Waals surface area contributed by atoms with E-state index in [0.717, 1.165) is 36.2 Å². The maximum Gasteiger partial charge on any atom is 0.0947 e. The number of hydrogen-bond donors (Lipinski definition) is 0. The molecule has 1 aliphatic rings. The molecule has 0 aliphatic carbocycles. The van der Waals surface area contributed by atoms with Gasteiger partial charge in [0.25, 0.3) is 0 Å². The molecule has 0 aromatic heterocycles. The molecule has 16 heavy (non-hydrogen) atoms. The summed E-state index contributed by atoms with van der Waals surface area (Å²) in [5.74, 6) is 0. The van der Waals surface area contributed by atoms with E-state index < -0.39 is 0 Å². The Morgan fingerprint density at radius 2 is 1.81 bits per heavy atom. The van der Waals surface area contributed by atoms with Crippen LogP contribution >= 0.6 is 0 Å². The summed E-state index contributed by atoms with van der Waals surface area (Å²) in [6.07, 6.45) is 5.30. The van der Waals surface area contributed by atoms with Crippen molar-refractivity contribution in [2.75, 3.05) is 0 Å². The summed E-state index contributed by atoms with van der Waals surface area (Å²) in [7, 11) is 0. The normalized spacial score (nSPS) is 14.4. The lowest BCUT2D eigenvalue weighted by molar-refractivity contribution is 0.780. The van der Waals surface area contributed by atoms with Gasteiger partial charge in [0.1, 0.15) is 0 Å². The van der Waals surface area contributed by atoms with Crippen molar-refractivity contribution in [1.29, 1.82) is 0 Å². The molecule has 0 atom stereocenters. The second kappa shape index (κ2) is 4.97. The fraction of sp³-hybridized carbons (Fsp3) is 0.357. The molecule has 0 bridgehead atoms. The molecule has 1 radical (unpaired) electrons. The predicted molar refractivity (Wildman–Crippen MR) is 67.5 cm³/mol. The largest absolute Gasteiger partial charge is 0.155 e. The molecule has 2 heteroatoms. The topological polar surface area (TPSA) is 26.5 Å². The maximum atomic E-state index is 4.21. The monoisotopic (exact) mass is 213 g/mol. The van der Waals surface area contributed by atoms with Gasteiger partial charge in [-0.3, -0.25) is 0 Å². The Hall–Kier alpha value is -1.57. The van der Waals surface area contributed by atoms with Crippen molar-refractivity contribution in [2.45, 2.75) is 33.1 Å². The van der Waals surface area contributed by atoms with Gasteiger partial charge in [0.05, 0.1) is 11.4 Å². The van der Waals surface area contributed by atoms with Crippen LogP contribution in [0.15, 0.2) is 41.1 Å².